The highest BCUT2D eigenvalue weighted by atomic mass is 16.5. The van der Waals surface area contributed by atoms with Gasteiger partial charge in [0.05, 0.1) is 32.6 Å². The third kappa shape index (κ3) is 4.74. The lowest BCUT2D eigenvalue weighted by molar-refractivity contribution is 0.102. The van der Waals surface area contributed by atoms with Crippen molar-refractivity contribution < 1.29 is 19.0 Å². The summed E-state index contributed by atoms with van der Waals surface area (Å²) in [5, 5.41) is 2.88. The Bertz CT molecular complexity index is 1260. The summed E-state index contributed by atoms with van der Waals surface area (Å²) in [6, 6.07) is 16.2. The summed E-state index contributed by atoms with van der Waals surface area (Å²) in [5.74, 6) is 1.96. The summed E-state index contributed by atoms with van der Waals surface area (Å²) < 4.78 is 15.8. The smallest absolute Gasteiger partial charge is 0.259 e. The van der Waals surface area contributed by atoms with Gasteiger partial charge in [0.2, 0.25) is 0 Å². The number of ether oxygens (including phenoxy) is 3. The van der Waals surface area contributed by atoms with Crippen molar-refractivity contribution in [2.75, 3.05) is 26.6 Å². The van der Waals surface area contributed by atoms with E-state index in [1.165, 1.54) is 13.3 Å². The van der Waals surface area contributed by atoms with E-state index < -0.39 is 0 Å². The predicted octanol–water partition coefficient (Wildman–Crippen LogP) is 4.48. The molecule has 0 bridgehead atoms. The lowest BCUT2D eigenvalue weighted by Gasteiger charge is -2.13. The molecule has 4 rings (SSSR count). The van der Waals surface area contributed by atoms with Gasteiger partial charge in [-0.3, -0.25) is 9.78 Å². The van der Waals surface area contributed by atoms with Crippen LogP contribution in [0.5, 0.6) is 17.2 Å². The van der Waals surface area contributed by atoms with Crippen LogP contribution in [-0.4, -0.2) is 42.2 Å². The number of carbonyl (C=O) groups is 1. The van der Waals surface area contributed by atoms with Gasteiger partial charge in [-0.25, -0.2) is 9.97 Å². The second-order valence-electron chi connectivity index (χ2n) is 6.94. The minimum Gasteiger partial charge on any atom is -0.497 e. The zero-order valence-corrected chi connectivity index (χ0v) is 18.4. The quantitative estimate of drug-likeness (QED) is 0.451. The molecule has 0 fully saturated rings. The van der Waals surface area contributed by atoms with Crippen LogP contribution in [0.2, 0.25) is 0 Å². The van der Waals surface area contributed by atoms with Crippen molar-refractivity contribution in [2.45, 2.75) is 0 Å². The van der Waals surface area contributed by atoms with E-state index in [1.807, 2.05) is 24.3 Å². The summed E-state index contributed by atoms with van der Waals surface area (Å²) in [6.07, 6.45) is 4.83. The molecule has 2 heterocycles. The molecule has 0 spiro atoms. The molecule has 8 nitrogen and oxygen atoms in total. The van der Waals surface area contributed by atoms with Crippen molar-refractivity contribution >= 4 is 11.6 Å². The zero-order chi connectivity index (χ0) is 23.2. The number of rotatable bonds is 7. The maximum atomic E-state index is 13.2. The van der Waals surface area contributed by atoms with Crippen LogP contribution in [0, 0.1) is 0 Å². The number of aromatic nitrogens is 3. The number of anilines is 1. The molecule has 0 atom stereocenters. The molecular formula is C25H22N4O4. The molecule has 8 heteroatoms. The third-order valence-corrected chi connectivity index (χ3v) is 4.98. The summed E-state index contributed by atoms with van der Waals surface area (Å²) in [5.41, 5.74) is 2.93. The lowest BCUT2D eigenvalue weighted by Crippen LogP contribution is -2.15. The first kappa shape index (κ1) is 21.8. The Hall–Kier alpha value is -4.46. The number of methoxy groups -OCH3 is 3. The minimum atomic E-state index is -0.352. The van der Waals surface area contributed by atoms with Gasteiger partial charge in [-0.15, -0.1) is 0 Å². The highest BCUT2D eigenvalue weighted by molar-refractivity contribution is 6.08. The Morgan fingerprint density at radius 3 is 2.21 bits per heavy atom. The van der Waals surface area contributed by atoms with E-state index in [9.17, 15) is 4.79 Å². The van der Waals surface area contributed by atoms with Crippen LogP contribution < -0.4 is 19.5 Å². The summed E-state index contributed by atoms with van der Waals surface area (Å²) in [7, 11) is 4.70. The fourth-order valence-electron chi connectivity index (χ4n) is 3.27. The standard InChI is InChI=1S/C25H22N4O4/c1-31-19-7-4-17(5-8-19)24-27-15-20(23(29-24)16-10-12-26-13-11-16)25(30)28-18-6-9-21(32-2)22(14-18)33-3/h4-15H,1-3H3,(H,28,30). The Balaban J connectivity index is 1.71. The fraction of sp³-hybridized carbons (Fsp3) is 0.120. The molecule has 2 aromatic heterocycles. The number of benzene rings is 2. The molecule has 0 saturated heterocycles. The van der Waals surface area contributed by atoms with Crippen LogP contribution in [-0.2, 0) is 0 Å². The largest absolute Gasteiger partial charge is 0.497 e. The van der Waals surface area contributed by atoms with Crippen molar-refractivity contribution in [2.24, 2.45) is 0 Å². The van der Waals surface area contributed by atoms with E-state index in [1.54, 1.807) is 56.9 Å². The van der Waals surface area contributed by atoms with E-state index in [4.69, 9.17) is 19.2 Å². The first-order chi connectivity index (χ1) is 16.1. The van der Waals surface area contributed by atoms with Crippen molar-refractivity contribution in [3.63, 3.8) is 0 Å². The first-order valence-electron chi connectivity index (χ1n) is 10.1. The molecule has 166 valence electrons. The Kier molecular flexibility index (Phi) is 6.45. The summed E-state index contributed by atoms with van der Waals surface area (Å²) in [6.45, 7) is 0. The van der Waals surface area contributed by atoms with Gasteiger partial charge < -0.3 is 19.5 Å². The lowest BCUT2D eigenvalue weighted by atomic mass is 10.1. The van der Waals surface area contributed by atoms with E-state index in [0.717, 1.165) is 16.9 Å². The molecule has 2 aromatic carbocycles. The molecular weight excluding hydrogens is 420 g/mol. The normalized spacial score (nSPS) is 10.4. The van der Waals surface area contributed by atoms with Crippen molar-refractivity contribution in [3.8, 4) is 39.9 Å². The number of nitrogens with one attached hydrogen (secondary N) is 1. The average Bonchev–Trinajstić information content (AvgIpc) is 2.88. The summed E-state index contributed by atoms with van der Waals surface area (Å²) in [4.78, 5) is 26.4. The maximum absolute atomic E-state index is 13.2. The highest BCUT2D eigenvalue weighted by Crippen LogP contribution is 2.31. The van der Waals surface area contributed by atoms with Gasteiger partial charge in [-0.05, 0) is 48.5 Å². The van der Waals surface area contributed by atoms with Crippen LogP contribution in [0.25, 0.3) is 22.6 Å². The monoisotopic (exact) mass is 442 g/mol. The maximum Gasteiger partial charge on any atom is 0.259 e. The number of nitrogens with zero attached hydrogens (tertiary/aromatic N) is 3. The minimum absolute atomic E-state index is 0.327. The van der Waals surface area contributed by atoms with Crippen molar-refractivity contribution in [1.29, 1.82) is 0 Å². The highest BCUT2D eigenvalue weighted by Gasteiger charge is 2.18. The molecule has 0 aliphatic carbocycles. The van der Waals surface area contributed by atoms with Crippen molar-refractivity contribution in [3.05, 3.63) is 78.8 Å². The van der Waals surface area contributed by atoms with Gasteiger partial charge in [0.15, 0.2) is 17.3 Å². The van der Waals surface area contributed by atoms with Gasteiger partial charge in [0.25, 0.3) is 5.91 Å². The molecule has 33 heavy (non-hydrogen) atoms. The molecule has 0 saturated carbocycles. The number of hydrogen-bond acceptors (Lipinski definition) is 7. The Morgan fingerprint density at radius 2 is 1.55 bits per heavy atom. The van der Waals surface area contributed by atoms with Crippen LogP contribution >= 0.6 is 0 Å². The second kappa shape index (κ2) is 9.78. The van der Waals surface area contributed by atoms with Crippen LogP contribution in [0.1, 0.15) is 10.4 Å². The fourth-order valence-corrected chi connectivity index (χ4v) is 3.27. The average molecular weight is 442 g/mol. The zero-order valence-electron chi connectivity index (χ0n) is 18.4. The number of hydrogen-bond donors (Lipinski definition) is 1. The first-order valence-corrected chi connectivity index (χ1v) is 10.1. The molecule has 1 N–H and O–H groups in total. The van der Waals surface area contributed by atoms with Gasteiger partial charge in [-0.1, -0.05) is 0 Å². The Morgan fingerprint density at radius 1 is 0.818 bits per heavy atom. The molecule has 0 radical (unpaired) electrons. The SMILES string of the molecule is COc1ccc(-c2ncc(C(=O)Nc3ccc(OC)c(OC)c3)c(-c3ccncc3)n2)cc1. The molecule has 4 aromatic rings. The number of pyridine rings is 1. The van der Waals surface area contributed by atoms with Gasteiger partial charge in [0, 0.05) is 41.5 Å². The van der Waals surface area contributed by atoms with E-state index in [2.05, 4.69) is 15.3 Å². The summed E-state index contributed by atoms with van der Waals surface area (Å²) >= 11 is 0. The number of amides is 1. The van der Waals surface area contributed by atoms with E-state index >= 15 is 0 Å². The van der Waals surface area contributed by atoms with Crippen LogP contribution in [0.3, 0.4) is 0 Å². The van der Waals surface area contributed by atoms with Crippen molar-refractivity contribution in [1.82, 2.24) is 15.0 Å². The van der Waals surface area contributed by atoms with Gasteiger partial charge in [-0.2, -0.15) is 0 Å². The Labute approximate surface area is 191 Å². The van der Waals surface area contributed by atoms with E-state index in [-0.39, 0.29) is 5.91 Å². The molecule has 1 amide bonds. The van der Waals surface area contributed by atoms with Crippen LogP contribution in [0.4, 0.5) is 5.69 Å². The molecule has 0 unspecified atom stereocenters. The molecule has 0 aliphatic heterocycles. The number of carbonyl (C=O) groups excluding carboxylic acids is 1. The third-order valence-electron chi connectivity index (χ3n) is 4.98. The molecule has 0 aliphatic rings. The topological polar surface area (TPSA) is 95.5 Å². The van der Waals surface area contributed by atoms with Crippen LogP contribution in [0.15, 0.2) is 73.2 Å². The van der Waals surface area contributed by atoms with Gasteiger partial charge >= 0.3 is 0 Å². The second-order valence-corrected chi connectivity index (χ2v) is 6.94. The van der Waals surface area contributed by atoms with E-state index in [0.29, 0.717) is 34.3 Å². The van der Waals surface area contributed by atoms with Gasteiger partial charge in [0.1, 0.15) is 5.75 Å². The predicted molar refractivity (Wildman–Crippen MR) is 125 cm³/mol.